The van der Waals surface area contributed by atoms with Gasteiger partial charge in [-0.05, 0) is 98.7 Å². The number of hydrogen-bond acceptors (Lipinski definition) is 6. The fraction of sp³-hybridized carbons (Fsp3) is 0.483. The summed E-state index contributed by atoms with van der Waals surface area (Å²) in [5.41, 5.74) is -0.743. The predicted molar refractivity (Wildman–Crippen MR) is 140 cm³/mol. The molecule has 1 aromatic heterocycles. The number of Topliss-reactive ketones (excluding diaryl/α,β-unsaturated/α-hetero) is 1. The molecule has 206 valence electrons. The normalized spacial score (nSPS) is 25.6. The van der Waals surface area contributed by atoms with Crippen LogP contribution in [-0.2, 0) is 17.6 Å². The number of ketones is 1. The zero-order valence-corrected chi connectivity index (χ0v) is 22.4. The van der Waals surface area contributed by atoms with Crippen LogP contribution in [0.5, 0.6) is 11.5 Å². The molecule has 0 atom stereocenters. The van der Waals surface area contributed by atoms with E-state index >= 15 is 0 Å². The third kappa shape index (κ3) is 5.27. The van der Waals surface area contributed by atoms with Crippen LogP contribution >= 0.6 is 11.8 Å². The van der Waals surface area contributed by atoms with Crippen molar-refractivity contribution in [1.29, 1.82) is 0 Å². The second-order valence-electron chi connectivity index (χ2n) is 11.2. The summed E-state index contributed by atoms with van der Waals surface area (Å²) in [6, 6.07) is 12.0. The Kier molecular flexibility index (Phi) is 6.85. The lowest BCUT2D eigenvalue weighted by molar-refractivity contribution is -0.141. The molecule has 0 N–H and O–H groups in total. The van der Waals surface area contributed by atoms with Crippen LogP contribution in [0.25, 0.3) is 5.69 Å². The number of rotatable bonds is 9. The van der Waals surface area contributed by atoms with Gasteiger partial charge >= 0.3 is 6.18 Å². The van der Waals surface area contributed by atoms with E-state index in [4.69, 9.17) is 9.47 Å². The molecule has 4 bridgehead atoms. The lowest BCUT2D eigenvalue weighted by atomic mass is 9.48. The van der Waals surface area contributed by atoms with Gasteiger partial charge in [0.05, 0.1) is 24.1 Å². The van der Waals surface area contributed by atoms with Crippen LogP contribution in [0.2, 0.25) is 0 Å². The summed E-state index contributed by atoms with van der Waals surface area (Å²) in [6.07, 6.45) is 2.17. The highest BCUT2D eigenvalue weighted by molar-refractivity contribution is 7.99. The number of benzene rings is 2. The summed E-state index contributed by atoms with van der Waals surface area (Å²) < 4.78 is 53.2. The second kappa shape index (κ2) is 10.2. The Morgan fingerprint density at radius 2 is 1.64 bits per heavy atom. The van der Waals surface area contributed by atoms with Crippen LogP contribution in [0.4, 0.5) is 13.2 Å². The van der Waals surface area contributed by atoms with E-state index in [1.807, 2.05) is 0 Å². The summed E-state index contributed by atoms with van der Waals surface area (Å²) in [4.78, 5) is 13.6. The van der Waals surface area contributed by atoms with Crippen molar-refractivity contribution < 1.29 is 27.4 Å². The number of aromatic nitrogens is 3. The standard InChI is InChI=1S/C29H30F3N3O3S/c1-37-23-5-7-24(8-6-23)38-16-26-33-34-27(35(26)22-4-2-3-21(12-22)29(30,31)32)39-17-25(36)28-13-18-9-19(14-28)11-20(10-18)15-28/h2-8,12,18-20H,9-11,13-17H2,1H3. The Morgan fingerprint density at radius 3 is 2.26 bits per heavy atom. The number of methoxy groups -OCH3 is 1. The van der Waals surface area contributed by atoms with E-state index in [2.05, 4.69) is 10.2 Å². The molecule has 1 heterocycles. The van der Waals surface area contributed by atoms with Crippen molar-refractivity contribution in [3.8, 4) is 17.2 Å². The predicted octanol–water partition coefficient (Wildman–Crippen LogP) is 6.75. The highest BCUT2D eigenvalue weighted by Gasteiger charge is 2.54. The van der Waals surface area contributed by atoms with E-state index in [1.165, 1.54) is 37.1 Å². The third-order valence-corrected chi connectivity index (χ3v) is 9.45. The number of nitrogens with zero attached hydrogens (tertiary/aromatic N) is 3. The maximum atomic E-state index is 13.6. The lowest BCUT2D eigenvalue weighted by Gasteiger charge is -2.56. The highest BCUT2D eigenvalue weighted by atomic mass is 32.2. The fourth-order valence-corrected chi connectivity index (χ4v) is 8.13. The van der Waals surface area contributed by atoms with Gasteiger partial charge in [-0.15, -0.1) is 10.2 Å². The smallest absolute Gasteiger partial charge is 0.416 e. The van der Waals surface area contributed by atoms with Crippen LogP contribution < -0.4 is 9.47 Å². The minimum atomic E-state index is -4.49. The molecule has 10 heteroatoms. The summed E-state index contributed by atoms with van der Waals surface area (Å²) in [7, 11) is 1.57. The molecular formula is C29H30F3N3O3S. The van der Waals surface area contributed by atoms with Gasteiger partial charge in [0.25, 0.3) is 0 Å². The van der Waals surface area contributed by atoms with E-state index in [9.17, 15) is 18.0 Å². The summed E-state index contributed by atoms with van der Waals surface area (Å²) >= 11 is 1.25. The van der Waals surface area contributed by atoms with Gasteiger partial charge in [-0.1, -0.05) is 17.8 Å². The van der Waals surface area contributed by atoms with Crippen molar-refractivity contribution in [2.45, 2.75) is 56.5 Å². The molecule has 0 aliphatic heterocycles. The molecule has 39 heavy (non-hydrogen) atoms. The van der Waals surface area contributed by atoms with Gasteiger partial charge in [0.1, 0.15) is 23.9 Å². The molecule has 4 aliphatic carbocycles. The Hall–Kier alpha value is -3.01. The lowest BCUT2D eigenvalue weighted by Crippen LogP contribution is -2.50. The number of carbonyl (C=O) groups is 1. The van der Waals surface area contributed by atoms with Crippen LogP contribution in [-0.4, -0.2) is 33.4 Å². The van der Waals surface area contributed by atoms with Gasteiger partial charge in [-0.25, -0.2) is 0 Å². The van der Waals surface area contributed by atoms with Gasteiger partial charge in [0.2, 0.25) is 0 Å². The second-order valence-corrected chi connectivity index (χ2v) is 12.1. The first-order valence-electron chi connectivity index (χ1n) is 13.3. The topological polar surface area (TPSA) is 66.2 Å². The Morgan fingerprint density at radius 1 is 1.00 bits per heavy atom. The molecule has 0 unspecified atom stereocenters. The molecule has 4 aliphatic rings. The summed E-state index contributed by atoms with van der Waals surface area (Å²) in [5.74, 6) is 4.00. The molecule has 6 nitrogen and oxygen atoms in total. The molecule has 0 spiro atoms. The monoisotopic (exact) mass is 557 g/mol. The summed E-state index contributed by atoms with van der Waals surface area (Å²) in [6.45, 7) is -0.0148. The average molecular weight is 558 g/mol. The van der Waals surface area contributed by atoms with E-state index in [-0.39, 0.29) is 29.2 Å². The molecule has 0 amide bonds. The SMILES string of the molecule is COc1ccc(OCc2nnc(SCC(=O)C34CC5CC(CC(C5)C3)C4)n2-c2cccc(C(F)(F)F)c2)cc1. The van der Waals surface area contributed by atoms with Crippen molar-refractivity contribution >= 4 is 17.5 Å². The van der Waals surface area contributed by atoms with Gasteiger partial charge in [0, 0.05) is 5.41 Å². The van der Waals surface area contributed by atoms with Gasteiger partial charge < -0.3 is 9.47 Å². The first-order chi connectivity index (χ1) is 18.7. The van der Waals surface area contributed by atoms with Gasteiger partial charge in [0.15, 0.2) is 11.0 Å². The van der Waals surface area contributed by atoms with Gasteiger partial charge in [-0.2, -0.15) is 13.2 Å². The maximum Gasteiger partial charge on any atom is 0.416 e. The molecule has 0 saturated heterocycles. The van der Waals surface area contributed by atoms with E-state index < -0.39 is 11.7 Å². The number of ether oxygens (including phenoxy) is 2. The zero-order chi connectivity index (χ0) is 27.2. The number of thioether (sulfide) groups is 1. The first-order valence-corrected chi connectivity index (χ1v) is 14.3. The Bertz CT molecular complexity index is 1320. The van der Waals surface area contributed by atoms with E-state index in [1.54, 1.807) is 42.0 Å². The Balaban J connectivity index is 1.25. The molecule has 3 aromatic rings. The highest BCUT2D eigenvalue weighted by Crippen LogP contribution is 2.60. The van der Waals surface area contributed by atoms with Crippen molar-refractivity contribution in [2.75, 3.05) is 12.9 Å². The molecule has 7 rings (SSSR count). The minimum absolute atomic E-state index is 0.0148. The Labute approximate surface area is 229 Å². The maximum absolute atomic E-state index is 13.6. The van der Waals surface area contributed by atoms with Crippen molar-refractivity contribution in [3.05, 3.63) is 59.9 Å². The number of halogens is 3. The van der Waals surface area contributed by atoms with Crippen LogP contribution in [0.3, 0.4) is 0 Å². The first kappa shape index (κ1) is 26.2. The number of hydrogen-bond donors (Lipinski definition) is 0. The average Bonchev–Trinajstić information content (AvgIpc) is 3.32. The van der Waals surface area contributed by atoms with Crippen molar-refractivity contribution in [2.24, 2.45) is 23.2 Å². The van der Waals surface area contributed by atoms with Crippen LogP contribution in [0, 0.1) is 23.2 Å². The van der Waals surface area contributed by atoms with Crippen molar-refractivity contribution in [3.63, 3.8) is 0 Å². The molecule has 4 saturated carbocycles. The number of alkyl halides is 3. The molecule has 4 fully saturated rings. The summed E-state index contributed by atoms with van der Waals surface area (Å²) in [5, 5.41) is 8.91. The fourth-order valence-electron chi connectivity index (χ4n) is 7.12. The third-order valence-electron chi connectivity index (χ3n) is 8.52. The minimum Gasteiger partial charge on any atom is -0.497 e. The molecule has 0 radical (unpaired) electrons. The molecule has 2 aromatic carbocycles. The quantitative estimate of drug-likeness (QED) is 0.271. The van der Waals surface area contributed by atoms with Crippen molar-refractivity contribution in [1.82, 2.24) is 14.8 Å². The van der Waals surface area contributed by atoms with Gasteiger partial charge in [-0.3, -0.25) is 9.36 Å². The largest absolute Gasteiger partial charge is 0.497 e. The zero-order valence-electron chi connectivity index (χ0n) is 21.6. The van der Waals surface area contributed by atoms with Crippen LogP contribution in [0.1, 0.15) is 49.9 Å². The van der Waals surface area contributed by atoms with E-state index in [0.717, 1.165) is 31.4 Å². The van der Waals surface area contributed by atoms with Crippen LogP contribution in [0.15, 0.2) is 53.7 Å². The van der Waals surface area contributed by atoms with E-state index in [0.29, 0.717) is 40.2 Å². The number of carbonyl (C=O) groups excluding carboxylic acids is 1. The molecular weight excluding hydrogens is 527 g/mol.